The largest absolute Gasteiger partial charge is 0.313 e. The monoisotopic (exact) mass is 221 g/mol. The fraction of sp³-hybridized carbons (Fsp3) is 0.538. The van der Waals surface area contributed by atoms with Gasteiger partial charge in [-0.3, -0.25) is 0 Å². The van der Waals surface area contributed by atoms with Crippen LogP contribution in [0.3, 0.4) is 0 Å². The maximum atomic E-state index is 3.66. The molecule has 2 atom stereocenters. The van der Waals surface area contributed by atoms with Crippen molar-refractivity contribution < 1.29 is 0 Å². The van der Waals surface area contributed by atoms with Gasteiger partial charge in [0, 0.05) is 11.3 Å². The summed E-state index contributed by atoms with van der Waals surface area (Å²) >= 11 is 2.09. The van der Waals surface area contributed by atoms with Crippen LogP contribution in [-0.4, -0.2) is 23.6 Å². The zero-order valence-electron chi connectivity index (χ0n) is 9.28. The van der Waals surface area contributed by atoms with Crippen LogP contribution in [0.4, 0.5) is 0 Å². The van der Waals surface area contributed by atoms with Gasteiger partial charge >= 0.3 is 0 Å². The predicted molar refractivity (Wildman–Crippen MR) is 68.5 cm³/mol. The zero-order valence-corrected chi connectivity index (χ0v) is 10.1. The van der Waals surface area contributed by atoms with Gasteiger partial charge in [-0.15, -0.1) is 0 Å². The second-order valence-electron chi connectivity index (χ2n) is 4.16. The molecular formula is C13H19NS. The molecule has 0 spiro atoms. The van der Waals surface area contributed by atoms with Crippen molar-refractivity contribution in [3.8, 4) is 0 Å². The van der Waals surface area contributed by atoms with Crippen LogP contribution in [0.15, 0.2) is 30.3 Å². The number of thioether (sulfide) groups is 1. The maximum Gasteiger partial charge on any atom is 0.0191 e. The third kappa shape index (κ3) is 3.25. The number of nitrogens with one attached hydrogen (secondary N) is 1. The lowest BCUT2D eigenvalue weighted by Gasteiger charge is -2.16. The Balaban J connectivity index is 1.71. The van der Waals surface area contributed by atoms with Crippen molar-refractivity contribution in [1.82, 2.24) is 5.32 Å². The fourth-order valence-corrected chi connectivity index (χ4v) is 3.27. The predicted octanol–water partition coefficient (Wildman–Crippen LogP) is 2.71. The first-order valence-electron chi connectivity index (χ1n) is 5.75. The van der Waals surface area contributed by atoms with E-state index in [9.17, 15) is 0 Å². The van der Waals surface area contributed by atoms with Crippen LogP contribution >= 0.6 is 11.8 Å². The minimum Gasteiger partial charge on any atom is -0.313 e. The lowest BCUT2D eigenvalue weighted by Crippen LogP contribution is -2.34. The van der Waals surface area contributed by atoms with E-state index in [4.69, 9.17) is 0 Å². The van der Waals surface area contributed by atoms with Crippen molar-refractivity contribution in [2.75, 3.05) is 12.3 Å². The average molecular weight is 221 g/mol. The van der Waals surface area contributed by atoms with Crippen molar-refractivity contribution in [2.24, 2.45) is 0 Å². The van der Waals surface area contributed by atoms with Gasteiger partial charge in [0.15, 0.2) is 0 Å². The van der Waals surface area contributed by atoms with E-state index < -0.39 is 0 Å². The molecule has 1 fully saturated rings. The summed E-state index contributed by atoms with van der Waals surface area (Å²) in [7, 11) is 0. The van der Waals surface area contributed by atoms with E-state index in [0.29, 0.717) is 0 Å². The third-order valence-electron chi connectivity index (χ3n) is 3.04. The van der Waals surface area contributed by atoms with E-state index in [-0.39, 0.29) is 0 Å². The molecule has 1 heterocycles. The molecule has 0 radical (unpaired) electrons. The van der Waals surface area contributed by atoms with Gasteiger partial charge in [-0.2, -0.15) is 11.8 Å². The van der Waals surface area contributed by atoms with E-state index in [1.165, 1.54) is 17.7 Å². The molecule has 1 nitrogen and oxygen atoms in total. The van der Waals surface area contributed by atoms with Gasteiger partial charge in [-0.25, -0.2) is 0 Å². The lowest BCUT2D eigenvalue weighted by atomic mass is 10.1. The molecular weight excluding hydrogens is 202 g/mol. The molecule has 0 amide bonds. The first-order chi connectivity index (χ1) is 7.36. The third-order valence-corrected chi connectivity index (χ3v) is 4.36. The van der Waals surface area contributed by atoms with Crippen molar-refractivity contribution in [3.63, 3.8) is 0 Å². The van der Waals surface area contributed by atoms with Crippen LogP contribution in [-0.2, 0) is 6.42 Å². The van der Waals surface area contributed by atoms with Gasteiger partial charge in [0.2, 0.25) is 0 Å². The Morgan fingerprint density at radius 1 is 1.33 bits per heavy atom. The molecule has 15 heavy (non-hydrogen) atoms. The highest BCUT2D eigenvalue weighted by atomic mass is 32.2. The van der Waals surface area contributed by atoms with Gasteiger partial charge in [0.1, 0.15) is 0 Å². The number of benzene rings is 1. The minimum atomic E-state index is 0.735. The molecule has 0 aromatic heterocycles. The summed E-state index contributed by atoms with van der Waals surface area (Å²) in [6.07, 6.45) is 2.48. The molecule has 1 aromatic rings. The Bertz CT molecular complexity index is 286. The molecule has 2 unspecified atom stereocenters. The SMILES string of the molecule is CC1SCCC1NCCc1ccccc1. The van der Waals surface area contributed by atoms with Gasteiger partial charge in [-0.1, -0.05) is 37.3 Å². The average Bonchev–Trinajstić information content (AvgIpc) is 2.66. The minimum absolute atomic E-state index is 0.735. The quantitative estimate of drug-likeness (QED) is 0.839. The Morgan fingerprint density at radius 2 is 2.13 bits per heavy atom. The van der Waals surface area contributed by atoms with Crippen molar-refractivity contribution in [1.29, 1.82) is 0 Å². The molecule has 1 N–H and O–H groups in total. The van der Waals surface area contributed by atoms with Gasteiger partial charge in [0.05, 0.1) is 0 Å². The Kier molecular flexibility index (Phi) is 4.09. The summed E-state index contributed by atoms with van der Waals surface area (Å²) in [5.41, 5.74) is 1.43. The standard InChI is InChI=1S/C13H19NS/c1-11-13(8-10-15-11)14-9-7-12-5-3-2-4-6-12/h2-6,11,13-14H,7-10H2,1H3. The highest BCUT2D eigenvalue weighted by Gasteiger charge is 2.22. The number of hydrogen-bond donors (Lipinski definition) is 1. The van der Waals surface area contributed by atoms with Crippen molar-refractivity contribution in [2.45, 2.75) is 31.1 Å². The Hall–Kier alpha value is -0.470. The van der Waals surface area contributed by atoms with Gasteiger partial charge < -0.3 is 5.32 Å². The van der Waals surface area contributed by atoms with Crippen LogP contribution in [0.25, 0.3) is 0 Å². The summed E-state index contributed by atoms with van der Waals surface area (Å²) in [4.78, 5) is 0. The summed E-state index contributed by atoms with van der Waals surface area (Å²) in [5.74, 6) is 1.32. The van der Waals surface area contributed by atoms with Gasteiger partial charge in [-0.05, 0) is 30.7 Å². The maximum absolute atomic E-state index is 3.66. The van der Waals surface area contributed by atoms with Crippen LogP contribution < -0.4 is 5.32 Å². The molecule has 1 aliphatic heterocycles. The van der Waals surface area contributed by atoms with Crippen molar-refractivity contribution in [3.05, 3.63) is 35.9 Å². The normalized spacial score (nSPS) is 25.7. The highest BCUT2D eigenvalue weighted by Crippen LogP contribution is 2.25. The first-order valence-corrected chi connectivity index (χ1v) is 6.80. The molecule has 0 bridgehead atoms. The molecule has 2 heteroatoms. The molecule has 2 rings (SSSR count). The highest BCUT2D eigenvalue weighted by molar-refractivity contribution is 8.00. The van der Waals surface area contributed by atoms with E-state index in [2.05, 4.69) is 54.3 Å². The Morgan fingerprint density at radius 3 is 2.80 bits per heavy atom. The van der Waals surface area contributed by atoms with E-state index in [1.807, 2.05) is 0 Å². The second kappa shape index (κ2) is 5.57. The summed E-state index contributed by atoms with van der Waals surface area (Å²) in [6.45, 7) is 3.44. The van der Waals surface area contributed by atoms with Gasteiger partial charge in [0.25, 0.3) is 0 Å². The van der Waals surface area contributed by atoms with Crippen LogP contribution in [0, 0.1) is 0 Å². The zero-order chi connectivity index (χ0) is 10.5. The summed E-state index contributed by atoms with van der Waals surface area (Å²) < 4.78 is 0. The molecule has 0 saturated carbocycles. The molecule has 1 aromatic carbocycles. The molecule has 82 valence electrons. The lowest BCUT2D eigenvalue weighted by molar-refractivity contribution is 0.516. The van der Waals surface area contributed by atoms with E-state index in [1.54, 1.807) is 0 Å². The smallest absolute Gasteiger partial charge is 0.0191 e. The Labute approximate surface area is 96.7 Å². The van der Waals surface area contributed by atoms with E-state index in [0.717, 1.165) is 24.3 Å². The topological polar surface area (TPSA) is 12.0 Å². The number of hydrogen-bond acceptors (Lipinski definition) is 2. The van der Waals surface area contributed by atoms with Crippen LogP contribution in [0.2, 0.25) is 0 Å². The first kappa shape index (κ1) is 11.0. The molecule has 1 saturated heterocycles. The summed E-state index contributed by atoms with van der Waals surface area (Å²) in [6, 6.07) is 11.4. The molecule has 0 aliphatic carbocycles. The van der Waals surface area contributed by atoms with Crippen molar-refractivity contribution >= 4 is 11.8 Å². The van der Waals surface area contributed by atoms with Crippen LogP contribution in [0.1, 0.15) is 18.9 Å². The fourth-order valence-electron chi connectivity index (χ4n) is 2.05. The summed E-state index contributed by atoms with van der Waals surface area (Å²) in [5, 5.41) is 4.45. The molecule has 1 aliphatic rings. The van der Waals surface area contributed by atoms with Crippen LogP contribution in [0.5, 0.6) is 0 Å². The second-order valence-corrected chi connectivity index (χ2v) is 5.65. The van der Waals surface area contributed by atoms with E-state index >= 15 is 0 Å². The number of rotatable bonds is 4.